The zero-order valence-corrected chi connectivity index (χ0v) is 18.3. The highest BCUT2D eigenvalue weighted by Gasteiger charge is 2.15. The van der Waals surface area contributed by atoms with E-state index in [1.807, 2.05) is 6.07 Å². The molecule has 6 nitrogen and oxygen atoms in total. The van der Waals surface area contributed by atoms with Crippen molar-refractivity contribution >= 4 is 26.8 Å². The number of aromatic nitrogens is 2. The van der Waals surface area contributed by atoms with E-state index in [0.717, 1.165) is 13.0 Å². The quantitative estimate of drug-likeness (QED) is 0.417. The predicted molar refractivity (Wildman–Crippen MR) is 116 cm³/mol. The summed E-state index contributed by atoms with van der Waals surface area (Å²) < 4.78 is 31.3. The van der Waals surface area contributed by atoms with Gasteiger partial charge in [0.25, 0.3) is 0 Å². The van der Waals surface area contributed by atoms with E-state index < -0.39 is 0 Å². The summed E-state index contributed by atoms with van der Waals surface area (Å²) in [6.45, 7) is 4.02. The van der Waals surface area contributed by atoms with Crippen LogP contribution in [0.3, 0.4) is 0 Å². The maximum atomic E-state index is 13.4. The summed E-state index contributed by atoms with van der Waals surface area (Å²) >= 11 is 3.31. The van der Waals surface area contributed by atoms with E-state index in [9.17, 15) is 4.39 Å². The Morgan fingerprint density at radius 3 is 2.67 bits per heavy atom. The van der Waals surface area contributed by atoms with Crippen molar-refractivity contribution in [1.29, 1.82) is 0 Å². The molecule has 1 aliphatic heterocycles. The van der Waals surface area contributed by atoms with Crippen LogP contribution in [-0.4, -0.2) is 48.2 Å². The van der Waals surface area contributed by atoms with Gasteiger partial charge >= 0.3 is 0 Å². The summed E-state index contributed by atoms with van der Waals surface area (Å²) in [5.41, 5.74) is 0.675. The molecule has 0 radical (unpaired) electrons. The Kier molecular flexibility index (Phi) is 6.64. The minimum Gasteiger partial charge on any atom is -0.493 e. The highest BCUT2D eigenvalue weighted by atomic mass is 79.9. The first-order valence-corrected chi connectivity index (χ1v) is 10.7. The van der Waals surface area contributed by atoms with Crippen LogP contribution in [0.15, 0.2) is 41.1 Å². The first kappa shape index (κ1) is 20.8. The van der Waals surface area contributed by atoms with Gasteiger partial charge in [0, 0.05) is 12.6 Å². The summed E-state index contributed by atoms with van der Waals surface area (Å²) in [5.74, 6) is 1.68. The average molecular weight is 476 g/mol. The molecule has 0 unspecified atom stereocenters. The normalized spacial score (nSPS) is 14.2. The summed E-state index contributed by atoms with van der Waals surface area (Å²) in [6.07, 6.45) is 4.96. The Morgan fingerprint density at radius 1 is 1.07 bits per heavy atom. The molecule has 1 aromatic heterocycles. The first-order valence-electron chi connectivity index (χ1n) is 9.95. The second kappa shape index (κ2) is 9.57. The SMILES string of the molecule is COc1cc2c(Oc3ccc(F)cc3Br)ncnc2cc1OCCCN1CCCC1. The third-order valence-electron chi connectivity index (χ3n) is 5.06. The lowest BCUT2D eigenvalue weighted by molar-refractivity contribution is 0.254. The molecule has 1 fully saturated rings. The van der Waals surface area contributed by atoms with Crippen LogP contribution in [0.1, 0.15) is 19.3 Å². The van der Waals surface area contributed by atoms with Gasteiger partial charge < -0.3 is 19.1 Å². The van der Waals surface area contributed by atoms with Gasteiger partial charge in [-0.25, -0.2) is 14.4 Å². The standard InChI is InChI=1S/C22H23BrFN3O3/c1-28-20-12-16-18(13-21(20)29-10-4-9-27-7-2-3-8-27)25-14-26-22(16)30-19-6-5-15(24)11-17(19)23/h5-6,11-14H,2-4,7-10H2,1H3. The summed E-state index contributed by atoms with van der Waals surface area (Å²) in [7, 11) is 1.60. The molecule has 0 atom stereocenters. The molecular weight excluding hydrogens is 453 g/mol. The molecule has 0 aliphatic carbocycles. The Morgan fingerprint density at radius 2 is 1.90 bits per heavy atom. The maximum absolute atomic E-state index is 13.4. The number of benzene rings is 2. The molecular formula is C22H23BrFN3O3. The Hall–Kier alpha value is -2.45. The molecule has 0 amide bonds. The minimum atomic E-state index is -0.352. The zero-order chi connectivity index (χ0) is 20.9. The zero-order valence-electron chi connectivity index (χ0n) is 16.7. The van der Waals surface area contributed by atoms with E-state index in [1.165, 1.54) is 44.4 Å². The maximum Gasteiger partial charge on any atom is 0.230 e. The number of hydrogen-bond donors (Lipinski definition) is 0. The van der Waals surface area contributed by atoms with Crippen molar-refractivity contribution < 1.29 is 18.6 Å². The number of methoxy groups -OCH3 is 1. The molecule has 2 aromatic carbocycles. The van der Waals surface area contributed by atoms with Crippen molar-refractivity contribution in [2.24, 2.45) is 0 Å². The molecule has 4 rings (SSSR count). The van der Waals surface area contributed by atoms with E-state index in [1.54, 1.807) is 19.2 Å². The lowest BCUT2D eigenvalue weighted by Crippen LogP contribution is -2.21. The molecule has 0 spiro atoms. The van der Waals surface area contributed by atoms with E-state index in [4.69, 9.17) is 14.2 Å². The molecule has 8 heteroatoms. The van der Waals surface area contributed by atoms with Crippen LogP contribution >= 0.6 is 15.9 Å². The molecule has 2 heterocycles. The molecule has 158 valence electrons. The van der Waals surface area contributed by atoms with Gasteiger partial charge in [-0.15, -0.1) is 0 Å². The second-order valence-electron chi connectivity index (χ2n) is 7.13. The third-order valence-corrected chi connectivity index (χ3v) is 5.68. The van der Waals surface area contributed by atoms with Gasteiger partial charge in [-0.3, -0.25) is 0 Å². The summed E-state index contributed by atoms with van der Waals surface area (Å²) in [6, 6.07) is 7.85. The Balaban J connectivity index is 1.52. The number of likely N-dealkylation sites (tertiary alicyclic amines) is 1. The lowest BCUT2D eigenvalue weighted by Gasteiger charge is -2.16. The van der Waals surface area contributed by atoms with E-state index in [-0.39, 0.29) is 5.82 Å². The van der Waals surface area contributed by atoms with Crippen molar-refractivity contribution in [1.82, 2.24) is 14.9 Å². The number of hydrogen-bond acceptors (Lipinski definition) is 6. The lowest BCUT2D eigenvalue weighted by atomic mass is 10.2. The molecule has 0 N–H and O–H groups in total. The fourth-order valence-electron chi connectivity index (χ4n) is 3.53. The number of nitrogens with zero attached hydrogens (tertiary/aromatic N) is 3. The molecule has 1 saturated heterocycles. The molecule has 3 aromatic rings. The first-order chi connectivity index (χ1) is 14.6. The molecule has 1 aliphatic rings. The summed E-state index contributed by atoms with van der Waals surface area (Å²) in [5, 5.41) is 0.676. The molecule has 0 saturated carbocycles. The number of fused-ring (bicyclic) bond motifs is 1. The molecule has 0 bridgehead atoms. The van der Waals surface area contributed by atoms with Crippen LogP contribution in [0.5, 0.6) is 23.1 Å². The van der Waals surface area contributed by atoms with Crippen molar-refractivity contribution in [3.8, 4) is 23.1 Å². The smallest absolute Gasteiger partial charge is 0.230 e. The largest absolute Gasteiger partial charge is 0.493 e. The monoisotopic (exact) mass is 475 g/mol. The van der Waals surface area contributed by atoms with Crippen molar-refractivity contribution in [2.45, 2.75) is 19.3 Å². The van der Waals surface area contributed by atoms with Crippen molar-refractivity contribution in [3.05, 3.63) is 46.9 Å². The van der Waals surface area contributed by atoms with Gasteiger partial charge in [0.05, 0.1) is 29.1 Å². The van der Waals surface area contributed by atoms with Crippen LogP contribution < -0.4 is 14.2 Å². The predicted octanol–water partition coefficient (Wildman–Crippen LogP) is 5.20. The number of ether oxygens (including phenoxy) is 3. The van der Waals surface area contributed by atoms with Crippen molar-refractivity contribution in [3.63, 3.8) is 0 Å². The van der Waals surface area contributed by atoms with Gasteiger partial charge in [-0.1, -0.05) is 0 Å². The Labute approximate surface area is 183 Å². The average Bonchev–Trinajstić information content (AvgIpc) is 3.26. The van der Waals surface area contributed by atoms with E-state index in [2.05, 4.69) is 30.8 Å². The van der Waals surface area contributed by atoms with Gasteiger partial charge in [0.1, 0.15) is 17.9 Å². The van der Waals surface area contributed by atoms with Crippen LogP contribution in [0.25, 0.3) is 10.9 Å². The van der Waals surface area contributed by atoms with Crippen LogP contribution in [0, 0.1) is 5.82 Å². The number of rotatable bonds is 8. The highest BCUT2D eigenvalue weighted by molar-refractivity contribution is 9.10. The second-order valence-corrected chi connectivity index (χ2v) is 7.98. The van der Waals surface area contributed by atoms with Gasteiger partial charge in [0.2, 0.25) is 5.88 Å². The Bertz CT molecular complexity index is 1030. The van der Waals surface area contributed by atoms with E-state index in [0.29, 0.717) is 45.1 Å². The van der Waals surface area contributed by atoms with Crippen LogP contribution in [0.2, 0.25) is 0 Å². The number of halogens is 2. The molecule has 30 heavy (non-hydrogen) atoms. The highest BCUT2D eigenvalue weighted by Crippen LogP contribution is 2.37. The van der Waals surface area contributed by atoms with Crippen LogP contribution in [0.4, 0.5) is 4.39 Å². The summed E-state index contributed by atoms with van der Waals surface area (Å²) in [4.78, 5) is 11.0. The topological polar surface area (TPSA) is 56.7 Å². The van der Waals surface area contributed by atoms with E-state index >= 15 is 0 Å². The van der Waals surface area contributed by atoms with Crippen LogP contribution in [-0.2, 0) is 0 Å². The fraction of sp³-hybridized carbons (Fsp3) is 0.364. The third kappa shape index (κ3) is 4.82. The minimum absolute atomic E-state index is 0.352. The van der Waals surface area contributed by atoms with Gasteiger partial charge in [0.15, 0.2) is 11.5 Å². The fourth-order valence-corrected chi connectivity index (χ4v) is 3.96. The van der Waals surface area contributed by atoms with Gasteiger partial charge in [-0.05, 0) is 72.5 Å². The van der Waals surface area contributed by atoms with Crippen molar-refractivity contribution in [2.75, 3.05) is 33.4 Å². The van der Waals surface area contributed by atoms with Gasteiger partial charge in [-0.2, -0.15) is 0 Å².